The third-order valence-corrected chi connectivity index (χ3v) is 4.27. The van der Waals surface area contributed by atoms with Crippen molar-refractivity contribution in [3.8, 4) is 0 Å². The molecule has 0 aromatic rings. The van der Waals surface area contributed by atoms with Crippen LogP contribution in [0, 0.1) is 5.92 Å². The standard InChI is InChI=1S/C9H21N3O2S.ClH/c1-2-5-11-15(13,14)12-6-3-4-9(7-10)8-12;/h9,11H,2-8,10H2,1H3;1H. The van der Waals surface area contributed by atoms with Crippen LogP contribution in [0.25, 0.3) is 0 Å². The topological polar surface area (TPSA) is 75.4 Å². The predicted octanol–water partition coefficient (Wildman–Crippen LogP) is 0.323. The minimum atomic E-state index is -3.26. The molecule has 1 fully saturated rings. The lowest BCUT2D eigenvalue weighted by Crippen LogP contribution is -2.47. The summed E-state index contributed by atoms with van der Waals surface area (Å²) in [5.74, 6) is 0.317. The number of rotatable bonds is 5. The van der Waals surface area contributed by atoms with Crippen LogP contribution in [0.2, 0.25) is 0 Å². The Morgan fingerprint density at radius 2 is 2.19 bits per heavy atom. The second-order valence-electron chi connectivity index (χ2n) is 4.00. The van der Waals surface area contributed by atoms with Gasteiger partial charge in [0.05, 0.1) is 0 Å². The second kappa shape index (κ2) is 7.45. The molecule has 1 aliphatic heterocycles. The summed E-state index contributed by atoms with van der Waals surface area (Å²) in [7, 11) is -3.26. The van der Waals surface area contributed by atoms with Gasteiger partial charge in [-0.1, -0.05) is 6.92 Å². The summed E-state index contributed by atoms with van der Waals surface area (Å²) in [6.07, 6.45) is 2.76. The molecule has 0 saturated carbocycles. The Kier molecular flexibility index (Phi) is 7.50. The van der Waals surface area contributed by atoms with Crippen LogP contribution in [0.15, 0.2) is 0 Å². The summed E-state index contributed by atoms with van der Waals surface area (Å²) in [6.45, 7) is 4.21. The van der Waals surface area contributed by atoms with Crippen LogP contribution in [-0.2, 0) is 10.2 Å². The number of nitrogens with two attached hydrogens (primary N) is 1. The molecular formula is C9H22ClN3O2S. The smallest absolute Gasteiger partial charge is 0.279 e. The lowest BCUT2D eigenvalue weighted by molar-refractivity contribution is 0.269. The molecule has 0 radical (unpaired) electrons. The van der Waals surface area contributed by atoms with Crippen LogP contribution in [0.5, 0.6) is 0 Å². The summed E-state index contributed by atoms with van der Waals surface area (Å²) in [6, 6.07) is 0. The molecule has 1 saturated heterocycles. The van der Waals surface area contributed by atoms with E-state index in [1.54, 1.807) is 0 Å². The van der Waals surface area contributed by atoms with E-state index in [4.69, 9.17) is 5.73 Å². The highest BCUT2D eigenvalue weighted by Crippen LogP contribution is 2.17. The lowest BCUT2D eigenvalue weighted by atomic mass is 10.0. The first-order chi connectivity index (χ1) is 7.10. The van der Waals surface area contributed by atoms with Gasteiger partial charge in [0, 0.05) is 19.6 Å². The van der Waals surface area contributed by atoms with Crippen molar-refractivity contribution < 1.29 is 8.42 Å². The van der Waals surface area contributed by atoms with E-state index in [2.05, 4.69) is 4.72 Å². The van der Waals surface area contributed by atoms with E-state index < -0.39 is 10.2 Å². The number of hydrogen-bond donors (Lipinski definition) is 2. The van der Waals surface area contributed by atoms with E-state index in [1.807, 2.05) is 6.92 Å². The molecule has 3 N–H and O–H groups in total. The Balaban J connectivity index is 0.00000225. The van der Waals surface area contributed by atoms with Crippen LogP contribution >= 0.6 is 12.4 Å². The van der Waals surface area contributed by atoms with Crippen LogP contribution < -0.4 is 10.5 Å². The molecule has 0 bridgehead atoms. The maximum atomic E-state index is 11.8. The van der Waals surface area contributed by atoms with Gasteiger partial charge in [0.1, 0.15) is 0 Å². The third-order valence-electron chi connectivity index (χ3n) is 2.69. The first-order valence-electron chi connectivity index (χ1n) is 5.55. The molecule has 16 heavy (non-hydrogen) atoms. The van der Waals surface area contributed by atoms with Crippen molar-refractivity contribution in [3.05, 3.63) is 0 Å². The molecule has 98 valence electrons. The number of hydrogen-bond acceptors (Lipinski definition) is 3. The van der Waals surface area contributed by atoms with Gasteiger partial charge in [0.25, 0.3) is 10.2 Å². The van der Waals surface area contributed by atoms with E-state index in [0.717, 1.165) is 19.3 Å². The summed E-state index contributed by atoms with van der Waals surface area (Å²) in [5.41, 5.74) is 5.57. The first-order valence-corrected chi connectivity index (χ1v) is 6.99. The fraction of sp³-hybridized carbons (Fsp3) is 1.00. The van der Waals surface area contributed by atoms with Crippen molar-refractivity contribution in [2.75, 3.05) is 26.2 Å². The molecule has 0 spiro atoms. The highest BCUT2D eigenvalue weighted by molar-refractivity contribution is 7.87. The van der Waals surface area contributed by atoms with Crippen molar-refractivity contribution in [2.24, 2.45) is 11.7 Å². The van der Waals surface area contributed by atoms with Gasteiger partial charge in [0.15, 0.2) is 0 Å². The summed E-state index contributed by atoms with van der Waals surface area (Å²) in [4.78, 5) is 0. The minimum absolute atomic E-state index is 0. The molecule has 1 aliphatic rings. The molecule has 7 heteroatoms. The second-order valence-corrected chi connectivity index (χ2v) is 5.76. The average Bonchev–Trinajstić information content (AvgIpc) is 2.26. The van der Waals surface area contributed by atoms with Gasteiger partial charge in [-0.25, -0.2) is 4.72 Å². The summed E-state index contributed by atoms with van der Waals surface area (Å²) < 4.78 is 27.7. The van der Waals surface area contributed by atoms with Crippen molar-refractivity contribution in [1.82, 2.24) is 9.03 Å². The van der Waals surface area contributed by atoms with E-state index in [1.165, 1.54) is 4.31 Å². The number of nitrogens with zero attached hydrogens (tertiary/aromatic N) is 1. The van der Waals surface area contributed by atoms with Gasteiger partial charge in [-0.15, -0.1) is 12.4 Å². The largest absolute Gasteiger partial charge is 0.330 e. The zero-order valence-corrected chi connectivity index (χ0v) is 11.3. The summed E-state index contributed by atoms with van der Waals surface area (Å²) >= 11 is 0. The van der Waals surface area contributed by atoms with Crippen LogP contribution in [0.4, 0.5) is 0 Å². The Labute approximate surface area is 104 Å². The van der Waals surface area contributed by atoms with Crippen molar-refractivity contribution in [3.63, 3.8) is 0 Å². The van der Waals surface area contributed by atoms with Crippen LogP contribution in [0.3, 0.4) is 0 Å². The van der Waals surface area contributed by atoms with Gasteiger partial charge in [-0.05, 0) is 31.7 Å². The van der Waals surface area contributed by atoms with Gasteiger partial charge in [0.2, 0.25) is 0 Å². The zero-order chi connectivity index (χ0) is 11.3. The SMILES string of the molecule is CCCNS(=O)(=O)N1CCCC(CN)C1.Cl. The predicted molar refractivity (Wildman–Crippen MR) is 67.8 cm³/mol. The average molecular weight is 272 g/mol. The van der Waals surface area contributed by atoms with E-state index in [9.17, 15) is 8.42 Å². The van der Waals surface area contributed by atoms with E-state index in [-0.39, 0.29) is 12.4 Å². The molecular weight excluding hydrogens is 250 g/mol. The quantitative estimate of drug-likeness (QED) is 0.756. The maximum Gasteiger partial charge on any atom is 0.279 e. The molecule has 1 rings (SSSR count). The van der Waals surface area contributed by atoms with E-state index >= 15 is 0 Å². The number of halogens is 1. The Morgan fingerprint density at radius 1 is 1.50 bits per heavy atom. The van der Waals surface area contributed by atoms with Crippen LogP contribution in [-0.4, -0.2) is 38.9 Å². The van der Waals surface area contributed by atoms with Gasteiger partial charge in [-0.3, -0.25) is 0 Å². The maximum absolute atomic E-state index is 11.8. The molecule has 5 nitrogen and oxygen atoms in total. The third kappa shape index (κ3) is 4.55. The molecule has 0 aromatic heterocycles. The number of nitrogens with one attached hydrogen (secondary N) is 1. The fourth-order valence-electron chi connectivity index (χ4n) is 1.76. The molecule has 1 unspecified atom stereocenters. The van der Waals surface area contributed by atoms with Crippen LogP contribution in [0.1, 0.15) is 26.2 Å². The first kappa shape index (κ1) is 16.1. The lowest BCUT2D eigenvalue weighted by Gasteiger charge is -2.31. The normalized spacial score (nSPS) is 22.8. The molecule has 1 heterocycles. The zero-order valence-electron chi connectivity index (χ0n) is 9.68. The van der Waals surface area contributed by atoms with Gasteiger partial charge in [-0.2, -0.15) is 12.7 Å². The number of piperidine rings is 1. The monoisotopic (exact) mass is 271 g/mol. The highest BCUT2D eigenvalue weighted by Gasteiger charge is 2.27. The highest BCUT2D eigenvalue weighted by atomic mass is 35.5. The molecule has 0 aromatic carbocycles. The summed E-state index contributed by atoms with van der Waals surface area (Å²) in [5, 5.41) is 0. The van der Waals surface area contributed by atoms with Gasteiger partial charge >= 0.3 is 0 Å². The fourth-order valence-corrected chi connectivity index (χ4v) is 3.18. The van der Waals surface area contributed by atoms with Gasteiger partial charge < -0.3 is 5.73 Å². The molecule has 0 aliphatic carbocycles. The minimum Gasteiger partial charge on any atom is -0.330 e. The van der Waals surface area contributed by atoms with E-state index in [0.29, 0.717) is 32.1 Å². The van der Waals surface area contributed by atoms with Crippen molar-refractivity contribution in [1.29, 1.82) is 0 Å². The molecule has 1 atom stereocenters. The Hall–Kier alpha value is 0.120. The molecule has 0 amide bonds. The van der Waals surface area contributed by atoms with Crippen molar-refractivity contribution >= 4 is 22.6 Å². The Bertz CT molecular complexity index is 284. The van der Waals surface area contributed by atoms with Crippen molar-refractivity contribution in [2.45, 2.75) is 26.2 Å². The Morgan fingerprint density at radius 3 is 2.75 bits per heavy atom.